The molecule has 2 aromatic heterocycles. The summed E-state index contributed by atoms with van der Waals surface area (Å²) in [4.78, 5) is 45.4. The highest BCUT2D eigenvalue weighted by Gasteiger charge is 2.41. The Morgan fingerprint density at radius 3 is 2.60 bits per heavy atom. The van der Waals surface area contributed by atoms with Crippen molar-refractivity contribution in [1.82, 2.24) is 19.4 Å². The third kappa shape index (κ3) is 8.35. The summed E-state index contributed by atoms with van der Waals surface area (Å²) in [6, 6.07) is 7.35. The van der Waals surface area contributed by atoms with Crippen molar-refractivity contribution in [2.24, 2.45) is 5.92 Å². The van der Waals surface area contributed by atoms with Gasteiger partial charge in [-0.2, -0.15) is 0 Å². The van der Waals surface area contributed by atoms with Gasteiger partial charge in [0.1, 0.15) is 33.9 Å². The van der Waals surface area contributed by atoms with Crippen molar-refractivity contribution in [2.45, 2.75) is 69.9 Å². The van der Waals surface area contributed by atoms with Gasteiger partial charge >= 0.3 is 6.09 Å². The standard InChI is InChI=1S/C33H41F2N5O7S/c1-22(25-6-4-7-26(16-25)33(34,35)18-23-19-39(20-23)32(43)44)38-29-28-17-27(24-8-14-48(45,46)15-9-24)31(42)40(30(28)37-21-36-29)10-5-13-47-12-3-2-11-41/h4,6-7,11,16-17,21-24H,2-3,5,8-10,12-15,18-20H2,1H3,(H,43,44)(H,36,37,38)/t22-/m1/s1. The number of benzene rings is 1. The van der Waals surface area contributed by atoms with Gasteiger partial charge in [-0.3, -0.25) is 9.36 Å². The first-order valence-electron chi connectivity index (χ1n) is 16.2. The fraction of sp³-hybridized carbons (Fsp3) is 0.545. The Morgan fingerprint density at radius 1 is 1.17 bits per heavy atom. The fourth-order valence-electron chi connectivity index (χ4n) is 6.37. The molecule has 260 valence electrons. The van der Waals surface area contributed by atoms with E-state index in [0.717, 1.165) is 11.2 Å². The second-order valence-electron chi connectivity index (χ2n) is 12.7. The van der Waals surface area contributed by atoms with E-state index >= 15 is 8.78 Å². The van der Waals surface area contributed by atoms with Crippen LogP contribution in [0.3, 0.4) is 0 Å². The van der Waals surface area contributed by atoms with Gasteiger partial charge in [0, 0.05) is 68.8 Å². The van der Waals surface area contributed by atoms with Gasteiger partial charge in [-0.15, -0.1) is 0 Å². The topological polar surface area (TPSA) is 161 Å². The SMILES string of the molecule is C[C@@H](Nc1ncnc2c1cc(C1CCS(=O)(=O)CC1)c(=O)n2CCCOCCCC=O)c1cccc(C(F)(F)CC2CN(C(=O)O)C2)c1. The third-order valence-electron chi connectivity index (χ3n) is 9.12. The minimum absolute atomic E-state index is 0.00323. The lowest BCUT2D eigenvalue weighted by Gasteiger charge is -2.38. The summed E-state index contributed by atoms with van der Waals surface area (Å²) in [7, 11) is -3.16. The highest BCUT2D eigenvalue weighted by Crippen LogP contribution is 2.39. The van der Waals surface area contributed by atoms with Crippen LogP contribution in [0.2, 0.25) is 0 Å². The average molecular weight is 690 g/mol. The Hall–Kier alpha value is -3.98. The quantitative estimate of drug-likeness (QED) is 0.169. The molecule has 1 amide bonds. The normalized spacial score (nSPS) is 17.6. The van der Waals surface area contributed by atoms with Crippen molar-refractivity contribution in [3.05, 3.63) is 63.7 Å². The number of pyridine rings is 1. The summed E-state index contributed by atoms with van der Waals surface area (Å²) in [5.74, 6) is -3.44. The minimum Gasteiger partial charge on any atom is -0.465 e. The number of likely N-dealkylation sites (tertiary alicyclic amines) is 1. The monoisotopic (exact) mass is 689 g/mol. The number of nitrogens with zero attached hydrogens (tertiary/aromatic N) is 4. The zero-order chi connectivity index (χ0) is 34.5. The van der Waals surface area contributed by atoms with Gasteiger partial charge in [0.05, 0.1) is 16.9 Å². The van der Waals surface area contributed by atoms with Crippen molar-refractivity contribution < 1.29 is 36.6 Å². The number of amides is 1. The zero-order valence-electron chi connectivity index (χ0n) is 26.8. The van der Waals surface area contributed by atoms with Gasteiger partial charge in [-0.1, -0.05) is 18.2 Å². The Kier molecular flexibility index (Phi) is 11.1. The van der Waals surface area contributed by atoms with E-state index in [1.54, 1.807) is 22.8 Å². The van der Waals surface area contributed by atoms with Gasteiger partial charge < -0.3 is 24.9 Å². The number of aldehydes is 1. The molecule has 0 radical (unpaired) electrons. The number of halogens is 2. The van der Waals surface area contributed by atoms with Crippen LogP contribution < -0.4 is 10.9 Å². The molecule has 12 nitrogen and oxygen atoms in total. The molecule has 1 aromatic carbocycles. The van der Waals surface area contributed by atoms with E-state index in [1.165, 1.54) is 18.5 Å². The number of aromatic nitrogens is 3. The van der Waals surface area contributed by atoms with Crippen molar-refractivity contribution in [3.8, 4) is 0 Å². The molecule has 0 aliphatic carbocycles. The number of nitrogens with one attached hydrogen (secondary N) is 1. The van der Waals surface area contributed by atoms with Crippen LogP contribution in [0.5, 0.6) is 0 Å². The maximum atomic E-state index is 15.3. The highest BCUT2D eigenvalue weighted by molar-refractivity contribution is 7.91. The van der Waals surface area contributed by atoms with E-state index < -0.39 is 40.2 Å². The van der Waals surface area contributed by atoms with Gasteiger partial charge in [0.15, 0.2) is 0 Å². The number of anilines is 1. The second-order valence-corrected chi connectivity index (χ2v) is 15.0. The number of carboxylic acid groups (broad SMARTS) is 1. The van der Waals surface area contributed by atoms with Crippen LogP contribution in [0.15, 0.2) is 41.5 Å². The van der Waals surface area contributed by atoms with Crippen LogP contribution in [0, 0.1) is 5.92 Å². The van der Waals surface area contributed by atoms with E-state index in [9.17, 15) is 22.8 Å². The summed E-state index contributed by atoms with van der Waals surface area (Å²) in [6.07, 6.45) is 2.78. The van der Waals surface area contributed by atoms with Crippen LogP contribution in [-0.4, -0.2) is 83.1 Å². The fourth-order valence-corrected chi connectivity index (χ4v) is 7.87. The first kappa shape index (κ1) is 35.3. The summed E-state index contributed by atoms with van der Waals surface area (Å²) in [6.45, 7) is 3.06. The predicted octanol–water partition coefficient (Wildman–Crippen LogP) is 4.73. The van der Waals surface area contributed by atoms with Crippen LogP contribution in [0.4, 0.5) is 19.4 Å². The van der Waals surface area contributed by atoms with Crippen LogP contribution >= 0.6 is 0 Å². The van der Waals surface area contributed by atoms with E-state index in [0.29, 0.717) is 73.3 Å². The predicted molar refractivity (Wildman–Crippen MR) is 175 cm³/mol. The average Bonchev–Trinajstić information content (AvgIpc) is 3.03. The number of aryl methyl sites for hydroxylation is 1. The van der Waals surface area contributed by atoms with Crippen molar-refractivity contribution in [2.75, 3.05) is 43.1 Å². The number of hydrogen-bond acceptors (Lipinski definition) is 9. The van der Waals surface area contributed by atoms with Crippen molar-refractivity contribution in [1.29, 1.82) is 0 Å². The minimum atomic E-state index is -3.16. The number of unbranched alkanes of at least 4 members (excludes halogenated alkanes) is 1. The molecule has 4 heterocycles. The number of hydrogen-bond donors (Lipinski definition) is 2. The smallest absolute Gasteiger partial charge is 0.407 e. The zero-order valence-corrected chi connectivity index (χ0v) is 27.6. The molecule has 2 fully saturated rings. The molecule has 0 spiro atoms. The molecule has 48 heavy (non-hydrogen) atoms. The lowest BCUT2D eigenvalue weighted by Crippen LogP contribution is -2.50. The molecular formula is C33H41F2N5O7S. The lowest BCUT2D eigenvalue weighted by atomic mass is 9.89. The molecule has 2 aliphatic heterocycles. The summed E-state index contributed by atoms with van der Waals surface area (Å²) >= 11 is 0. The second kappa shape index (κ2) is 15.1. The molecule has 2 aliphatic rings. The van der Waals surface area contributed by atoms with E-state index in [2.05, 4.69) is 15.3 Å². The Morgan fingerprint density at radius 2 is 1.90 bits per heavy atom. The largest absolute Gasteiger partial charge is 0.465 e. The summed E-state index contributed by atoms with van der Waals surface area (Å²) in [5.41, 5.74) is 1.03. The molecule has 1 atom stereocenters. The molecule has 3 aromatic rings. The third-order valence-corrected chi connectivity index (χ3v) is 10.8. The molecule has 2 N–H and O–H groups in total. The maximum Gasteiger partial charge on any atom is 0.407 e. The van der Waals surface area contributed by atoms with Crippen molar-refractivity contribution in [3.63, 3.8) is 0 Å². The van der Waals surface area contributed by atoms with Crippen molar-refractivity contribution >= 4 is 39.1 Å². The van der Waals surface area contributed by atoms with Gasteiger partial charge in [-0.05, 0) is 56.2 Å². The molecule has 0 saturated carbocycles. The number of fused-ring (bicyclic) bond motifs is 1. The number of carbonyl (C=O) groups excluding carboxylic acids is 1. The van der Waals surface area contributed by atoms with Gasteiger partial charge in [0.2, 0.25) is 0 Å². The lowest BCUT2D eigenvalue weighted by molar-refractivity contribution is -0.108. The number of alkyl halides is 2. The first-order chi connectivity index (χ1) is 22.9. The van der Waals surface area contributed by atoms with Gasteiger partial charge in [-0.25, -0.2) is 32.0 Å². The first-order valence-corrected chi connectivity index (χ1v) is 18.0. The molecule has 0 unspecified atom stereocenters. The molecular weight excluding hydrogens is 648 g/mol. The van der Waals surface area contributed by atoms with E-state index in [-0.39, 0.29) is 48.2 Å². The van der Waals surface area contributed by atoms with E-state index in [1.807, 2.05) is 6.92 Å². The summed E-state index contributed by atoms with van der Waals surface area (Å²) < 4.78 is 62.1. The molecule has 0 bridgehead atoms. The maximum absolute atomic E-state index is 15.3. The number of carbonyl (C=O) groups is 2. The highest BCUT2D eigenvalue weighted by atomic mass is 32.2. The number of ether oxygens (including phenoxy) is 1. The van der Waals surface area contributed by atoms with Crippen LogP contribution in [-0.2, 0) is 31.8 Å². The number of rotatable bonds is 15. The van der Waals surface area contributed by atoms with Crippen LogP contribution in [0.1, 0.15) is 74.1 Å². The number of sulfone groups is 1. The molecule has 2 saturated heterocycles. The molecule has 5 rings (SSSR count). The Balaban J connectivity index is 1.39. The Bertz CT molecular complexity index is 1780. The Labute approximate surface area is 277 Å². The van der Waals surface area contributed by atoms with Gasteiger partial charge in [0.25, 0.3) is 11.5 Å². The van der Waals surface area contributed by atoms with E-state index in [4.69, 9.17) is 9.84 Å². The molecule has 15 heteroatoms. The van der Waals surface area contributed by atoms with Crippen LogP contribution in [0.25, 0.3) is 11.0 Å². The summed E-state index contributed by atoms with van der Waals surface area (Å²) in [5, 5.41) is 12.9.